The van der Waals surface area contributed by atoms with Gasteiger partial charge in [0.2, 0.25) is 0 Å². The van der Waals surface area contributed by atoms with Crippen LogP contribution in [0.15, 0.2) is 11.4 Å². The zero-order chi connectivity index (χ0) is 11.0. The summed E-state index contributed by atoms with van der Waals surface area (Å²) in [5, 5.41) is 12.3. The van der Waals surface area contributed by atoms with Gasteiger partial charge < -0.3 is 5.11 Å². The number of hydrogen-bond acceptors (Lipinski definition) is 3. The highest BCUT2D eigenvalue weighted by Gasteiger charge is 2.30. The topological polar surface area (TPSA) is 23.5 Å². The van der Waals surface area contributed by atoms with Gasteiger partial charge in [0.1, 0.15) is 0 Å². The summed E-state index contributed by atoms with van der Waals surface area (Å²) in [5.41, 5.74) is 1.49. The maximum absolute atomic E-state index is 10.1. The highest BCUT2D eigenvalue weighted by molar-refractivity contribution is 7.10. The molecule has 0 saturated heterocycles. The minimum atomic E-state index is -0.0889. The van der Waals surface area contributed by atoms with Crippen molar-refractivity contribution in [2.45, 2.75) is 50.8 Å². The molecule has 1 aliphatic carbocycles. The molecule has 3 heteroatoms. The molecule has 2 atom stereocenters. The molecule has 1 aliphatic heterocycles. The normalized spacial score (nSPS) is 31.3. The van der Waals surface area contributed by atoms with E-state index in [0.29, 0.717) is 6.04 Å². The number of fused-ring (bicyclic) bond motifs is 1. The van der Waals surface area contributed by atoms with Crippen LogP contribution in [0.1, 0.15) is 36.1 Å². The van der Waals surface area contributed by atoms with Crippen molar-refractivity contribution in [2.75, 3.05) is 6.54 Å². The van der Waals surface area contributed by atoms with Gasteiger partial charge in [0.05, 0.1) is 6.10 Å². The second-order valence-electron chi connectivity index (χ2n) is 5.01. The highest BCUT2D eigenvalue weighted by atomic mass is 32.1. The van der Waals surface area contributed by atoms with Crippen LogP contribution in [-0.4, -0.2) is 28.7 Å². The van der Waals surface area contributed by atoms with Crippen molar-refractivity contribution in [3.63, 3.8) is 0 Å². The van der Waals surface area contributed by atoms with E-state index in [1.807, 2.05) is 11.3 Å². The molecule has 2 aliphatic rings. The third-order valence-corrected chi connectivity index (χ3v) is 5.02. The van der Waals surface area contributed by atoms with Gasteiger partial charge in [-0.1, -0.05) is 12.8 Å². The van der Waals surface area contributed by atoms with Gasteiger partial charge in [-0.25, -0.2) is 0 Å². The molecule has 1 aromatic rings. The maximum atomic E-state index is 10.1. The molecule has 0 spiro atoms. The van der Waals surface area contributed by atoms with E-state index in [4.69, 9.17) is 0 Å². The largest absolute Gasteiger partial charge is 0.391 e. The van der Waals surface area contributed by atoms with E-state index in [1.54, 1.807) is 4.88 Å². The molecule has 88 valence electrons. The van der Waals surface area contributed by atoms with Crippen molar-refractivity contribution in [1.29, 1.82) is 0 Å². The van der Waals surface area contributed by atoms with Gasteiger partial charge in [0.25, 0.3) is 0 Å². The summed E-state index contributed by atoms with van der Waals surface area (Å²) in [5.74, 6) is 0. The Balaban J connectivity index is 1.72. The van der Waals surface area contributed by atoms with Crippen LogP contribution in [0.2, 0.25) is 0 Å². The Morgan fingerprint density at radius 3 is 3.06 bits per heavy atom. The number of aliphatic hydroxyl groups is 1. The van der Waals surface area contributed by atoms with Gasteiger partial charge in [-0.05, 0) is 36.3 Å². The van der Waals surface area contributed by atoms with Gasteiger partial charge in [-0.15, -0.1) is 11.3 Å². The van der Waals surface area contributed by atoms with Crippen molar-refractivity contribution in [3.8, 4) is 0 Å². The second kappa shape index (κ2) is 4.47. The molecule has 3 rings (SSSR count). The van der Waals surface area contributed by atoms with Crippen LogP contribution < -0.4 is 0 Å². The summed E-state index contributed by atoms with van der Waals surface area (Å²) in [6, 6.07) is 2.67. The lowest BCUT2D eigenvalue weighted by Gasteiger charge is -2.39. The molecule has 2 heterocycles. The molecule has 1 fully saturated rings. The number of hydrogen-bond donors (Lipinski definition) is 1. The number of aliphatic hydroxyl groups excluding tert-OH is 1. The summed E-state index contributed by atoms with van der Waals surface area (Å²) in [7, 11) is 0. The lowest BCUT2D eigenvalue weighted by atomic mass is 9.90. The van der Waals surface area contributed by atoms with Crippen molar-refractivity contribution in [1.82, 2.24) is 4.90 Å². The van der Waals surface area contributed by atoms with E-state index in [9.17, 15) is 5.11 Å². The quantitative estimate of drug-likeness (QED) is 0.811. The van der Waals surface area contributed by atoms with Crippen LogP contribution >= 0.6 is 11.3 Å². The van der Waals surface area contributed by atoms with Crippen LogP contribution in [-0.2, 0) is 13.0 Å². The zero-order valence-corrected chi connectivity index (χ0v) is 10.4. The number of nitrogens with zero attached hydrogens (tertiary/aromatic N) is 1. The standard InChI is InChI=1S/C13H19NOS/c15-12-4-2-1-3-11(12)14-7-5-13-10(9-14)6-8-16-13/h6,8,11-12,15H,1-5,7,9H2/t11-,12-/m0/s1. The molecule has 1 saturated carbocycles. The van der Waals surface area contributed by atoms with Crippen molar-refractivity contribution in [2.24, 2.45) is 0 Å². The molecule has 1 aromatic heterocycles. The van der Waals surface area contributed by atoms with Crippen LogP contribution in [0.4, 0.5) is 0 Å². The molecular formula is C13H19NOS. The minimum absolute atomic E-state index is 0.0889. The second-order valence-corrected chi connectivity index (χ2v) is 6.01. The molecular weight excluding hydrogens is 218 g/mol. The molecule has 0 unspecified atom stereocenters. The Hall–Kier alpha value is -0.380. The SMILES string of the molecule is O[C@H]1CCCC[C@@H]1N1CCc2sccc2C1. The Labute approximate surface area is 101 Å². The average molecular weight is 237 g/mol. The van der Waals surface area contributed by atoms with Gasteiger partial charge >= 0.3 is 0 Å². The first-order valence-electron chi connectivity index (χ1n) is 6.32. The summed E-state index contributed by atoms with van der Waals surface area (Å²) in [6.45, 7) is 2.19. The molecule has 0 radical (unpaired) electrons. The van der Waals surface area contributed by atoms with Crippen LogP contribution in [0.3, 0.4) is 0 Å². The minimum Gasteiger partial charge on any atom is -0.391 e. The van der Waals surface area contributed by atoms with E-state index in [2.05, 4.69) is 16.3 Å². The van der Waals surface area contributed by atoms with Gasteiger partial charge in [-0.3, -0.25) is 4.90 Å². The van der Waals surface area contributed by atoms with Crippen molar-refractivity contribution < 1.29 is 5.11 Å². The van der Waals surface area contributed by atoms with Crippen molar-refractivity contribution in [3.05, 3.63) is 21.9 Å². The summed E-state index contributed by atoms with van der Waals surface area (Å²) >= 11 is 1.89. The first-order chi connectivity index (χ1) is 7.84. The van der Waals surface area contributed by atoms with E-state index in [0.717, 1.165) is 19.5 Å². The molecule has 16 heavy (non-hydrogen) atoms. The van der Waals surface area contributed by atoms with Crippen LogP contribution in [0.25, 0.3) is 0 Å². The van der Waals surface area contributed by atoms with Crippen LogP contribution in [0.5, 0.6) is 0 Å². The predicted molar refractivity (Wildman–Crippen MR) is 66.7 cm³/mol. The Morgan fingerprint density at radius 1 is 1.31 bits per heavy atom. The molecule has 0 amide bonds. The average Bonchev–Trinajstić information content (AvgIpc) is 2.76. The van der Waals surface area contributed by atoms with E-state index < -0.39 is 0 Å². The number of thiophene rings is 1. The smallest absolute Gasteiger partial charge is 0.0695 e. The highest BCUT2D eigenvalue weighted by Crippen LogP contribution is 2.30. The third-order valence-electron chi connectivity index (χ3n) is 4.00. The molecule has 0 bridgehead atoms. The van der Waals surface area contributed by atoms with Gasteiger partial charge in [-0.2, -0.15) is 0 Å². The fraction of sp³-hybridized carbons (Fsp3) is 0.692. The molecule has 2 nitrogen and oxygen atoms in total. The summed E-state index contributed by atoms with van der Waals surface area (Å²) in [4.78, 5) is 4.06. The van der Waals surface area contributed by atoms with Gasteiger partial charge in [0, 0.05) is 24.0 Å². The van der Waals surface area contributed by atoms with Crippen LogP contribution in [0, 0.1) is 0 Å². The monoisotopic (exact) mass is 237 g/mol. The third kappa shape index (κ3) is 1.92. The molecule has 1 N–H and O–H groups in total. The predicted octanol–water partition coefficient (Wildman–Crippen LogP) is 2.41. The summed E-state index contributed by atoms with van der Waals surface area (Å²) in [6.07, 6.45) is 5.76. The lowest BCUT2D eigenvalue weighted by molar-refractivity contribution is 0.0135. The fourth-order valence-corrected chi connectivity index (χ4v) is 3.96. The van der Waals surface area contributed by atoms with E-state index in [1.165, 1.54) is 31.2 Å². The lowest BCUT2D eigenvalue weighted by Crippen LogP contribution is -2.47. The Kier molecular flexibility index (Phi) is 3.01. The van der Waals surface area contributed by atoms with E-state index in [-0.39, 0.29) is 6.10 Å². The Bertz CT molecular complexity index is 363. The van der Waals surface area contributed by atoms with Crippen molar-refractivity contribution >= 4 is 11.3 Å². The summed E-state index contributed by atoms with van der Waals surface area (Å²) < 4.78 is 0. The number of rotatable bonds is 1. The first-order valence-corrected chi connectivity index (χ1v) is 7.20. The molecule has 0 aromatic carbocycles. The first kappa shape index (κ1) is 10.8. The van der Waals surface area contributed by atoms with Gasteiger partial charge in [0.15, 0.2) is 0 Å². The van der Waals surface area contributed by atoms with E-state index >= 15 is 0 Å². The fourth-order valence-electron chi connectivity index (χ4n) is 3.07. The maximum Gasteiger partial charge on any atom is 0.0695 e. The zero-order valence-electron chi connectivity index (χ0n) is 9.56. The Morgan fingerprint density at radius 2 is 2.19 bits per heavy atom.